The highest BCUT2D eigenvalue weighted by atomic mass is 16.6. The Kier molecular flexibility index (Phi) is 6.23. The van der Waals surface area contributed by atoms with E-state index in [1.807, 2.05) is 19.0 Å². The van der Waals surface area contributed by atoms with Crippen LogP contribution in [-0.4, -0.2) is 74.1 Å². The molecule has 0 saturated heterocycles. The number of nitrogens with zero attached hydrogens (tertiary/aromatic N) is 2. The van der Waals surface area contributed by atoms with Crippen LogP contribution in [0.25, 0.3) is 0 Å². The molecule has 1 aliphatic heterocycles. The fourth-order valence-corrected chi connectivity index (χ4v) is 1.35. The van der Waals surface area contributed by atoms with Crippen LogP contribution in [0.1, 0.15) is 6.42 Å². The fraction of sp³-hybridized carbons (Fsp3) is 0.727. The molecule has 8 heteroatoms. The molecule has 1 unspecified atom stereocenters. The minimum Gasteiger partial charge on any atom is -0.477 e. The molecule has 0 aliphatic carbocycles. The van der Waals surface area contributed by atoms with E-state index in [-0.39, 0.29) is 18.0 Å². The van der Waals surface area contributed by atoms with Crippen LogP contribution in [-0.2, 0) is 19.2 Å². The van der Waals surface area contributed by atoms with Gasteiger partial charge in [-0.1, -0.05) is 5.16 Å². The summed E-state index contributed by atoms with van der Waals surface area (Å²) in [6, 6.07) is 0. The number of aliphatic carboxylic acids is 1. The molecule has 108 valence electrons. The van der Waals surface area contributed by atoms with E-state index in [4.69, 9.17) is 14.7 Å². The summed E-state index contributed by atoms with van der Waals surface area (Å²) in [5.41, 5.74) is -0.137. The van der Waals surface area contributed by atoms with Crippen molar-refractivity contribution in [2.75, 3.05) is 40.4 Å². The zero-order valence-corrected chi connectivity index (χ0v) is 11.1. The second-order valence-corrected chi connectivity index (χ2v) is 4.35. The van der Waals surface area contributed by atoms with E-state index in [1.165, 1.54) is 0 Å². The zero-order valence-electron chi connectivity index (χ0n) is 11.1. The molecule has 1 atom stereocenters. The molecule has 1 heterocycles. The minimum atomic E-state index is -1.16. The predicted octanol–water partition coefficient (Wildman–Crippen LogP) is -1.09. The van der Waals surface area contributed by atoms with E-state index in [2.05, 4.69) is 10.5 Å². The molecule has 1 rings (SSSR count). The molecule has 0 saturated carbocycles. The van der Waals surface area contributed by atoms with Crippen molar-refractivity contribution in [3.8, 4) is 0 Å². The van der Waals surface area contributed by atoms with Crippen LogP contribution in [0.2, 0.25) is 0 Å². The maximum absolute atomic E-state index is 11.6. The van der Waals surface area contributed by atoms with E-state index in [0.29, 0.717) is 19.8 Å². The highest BCUT2D eigenvalue weighted by molar-refractivity contribution is 6.36. The number of likely N-dealkylation sites (N-methyl/N-ethyl adjacent to an activating group) is 1. The first-order chi connectivity index (χ1) is 9.00. The molecule has 0 aromatic carbocycles. The molecule has 0 aromatic heterocycles. The Morgan fingerprint density at radius 1 is 1.53 bits per heavy atom. The minimum absolute atomic E-state index is 0.0113. The lowest BCUT2D eigenvalue weighted by atomic mass is 10.2. The summed E-state index contributed by atoms with van der Waals surface area (Å²) in [5.74, 6) is -1.54. The van der Waals surface area contributed by atoms with Crippen molar-refractivity contribution in [3.63, 3.8) is 0 Å². The van der Waals surface area contributed by atoms with Crippen molar-refractivity contribution in [1.29, 1.82) is 0 Å². The Hall–Kier alpha value is -1.67. The van der Waals surface area contributed by atoms with E-state index in [0.717, 1.165) is 6.54 Å². The summed E-state index contributed by atoms with van der Waals surface area (Å²) in [5, 5.41) is 14.6. The monoisotopic (exact) mass is 273 g/mol. The van der Waals surface area contributed by atoms with E-state index < -0.39 is 12.1 Å². The van der Waals surface area contributed by atoms with Gasteiger partial charge in [-0.15, -0.1) is 0 Å². The van der Waals surface area contributed by atoms with Gasteiger partial charge in [0.15, 0.2) is 5.71 Å². The van der Waals surface area contributed by atoms with Gasteiger partial charge in [0, 0.05) is 19.5 Å². The summed E-state index contributed by atoms with van der Waals surface area (Å²) in [6.07, 6.45) is -0.865. The molecule has 1 amide bonds. The van der Waals surface area contributed by atoms with Gasteiger partial charge in [-0.05, 0) is 14.1 Å². The number of carboxylic acid groups (broad SMARTS) is 1. The number of ether oxygens (including phenoxy) is 1. The van der Waals surface area contributed by atoms with Gasteiger partial charge in [0.05, 0.1) is 13.2 Å². The standard InChI is InChI=1S/C11H19N3O5/c1-14(2)4-6-18-5-3-12-10(15)9-7-8(11(16)17)13-19-9/h9H,3-7H2,1-2H3,(H,12,15)(H,16,17). The molecule has 8 nitrogen and oxygen atoms in total. The van der Waals surface area contributed by atoms with Crippen LogP contribution in [0, 0.1) is 0 Å². The van der Waals surface area contributed by atoms with Crippen molar-refractivity contribution in [1.82, 2.24) is 10.2 Å². The lowest BCUT2D eigenvalue weighted by Crippen LogP contribution is -2.37. The number of carbonyl (C=O) groups excluding carboxylic acids is 1. The number of rotatable bonds is 8. The highest BCUT2D eigenvalue weighted by Crippen LogP contribution is 2.10. The smallest absolute Gasteiger partial charge is 0.353 e. The van der Waals surface area contributed by atoms with Gasteiger partial charge in [-0.3, -0.25) is 4.79 Å². The van der Waals surface area contributed by atoms with Gasteiger partial charge in [0.1, 0.15) is 0 Å². The first-order valence-corrected chi connectivity index (χ1v) is 5.97. The largest absolute Gasteiger partial charge is 0.477 e. The molecule has 1 aliphatic rings. The van der Waals surface area contributed by atoms with Gasteiger partial charge < -0.3 is 24.9 Å². The van der Waals surface area contributed by atoms with E-state index >= 15 is 0 Å². The lowest BCUT2D eigenvalue weighted by Gasteiger charge is -2.11. The summed E-state index contributed by atoms with van der Waals surface area (Å²) in [4.78, 5) is 28.9. The first-order valence-electron chi connectivity index (χ1n) is 5.97. The second kappa shape index (κ2) is 7.70. The maximum atomic E-state index is 11.6. The van der Waals surface area contributed by atoms with Crippen molar-refractivity contribution >= 4 is 17.6 Å². The van der Waals surface area contributed by atoms with Gasteiger partial charge in [-0.2, -0.15) is 0 Å². The summed E-state index contributed by atoms with van der Waals surface area (Å²) >= 11 is 0. The number of hydrogen-bond donors (Lipinski definition) is 2. The normalized spacial score (nSPS) is 18.1. The van der Waals surface area contributed by atoms with Crippen molar-refractivity contribution in [2.45, 2.75) is 12.5 Å². The number of nitrogens with one attached hydrogen (secondary N) is 1. The van der Waals surface area contributed by atoms with Gasteiger partial charge in [0.2, 0.25) is 6.10 Å². The number of carboxylic acids is 1. The number of hydrogen-bond acceptors (Lipinski definition) is 6. The van der Waals surface area contributed by atoms with E-state index in [9.17, 15) is 9.59 Å². The van der Waals surface area contributed by atoms with Crippen LogP contribution in [0.4, 0.5) is 0 Å². The quantitative estimate of drug-likeness (QED) is 0.545. The molecule has 0 bridgehead atoms. The van der Waals surface area contributed by atoms with Crippen molar-refractivity contribution in [2.24, 2.45) is 5.16 Å². The van der Waals surface area contributed by atoms with Crippen LogP contribution in [0.5, 0.6) is 0 Å². The maximum Gasteiger partial charge on any atom is 0.353 e. The predicted molar refractivity (Wildman–Crippen MR) is 66.9 cm³/mol. The van der Waals surface area contributed by atoms with E-state index in [1.54, 1.807) is 0 Å². The summed E-state index contributed by atoms with van der Waals surface area (Å²) in [7, 11) is 3.89. The molecular weight excluding hydrogens is 254 g/mol. The van der Waals surface area contributed by atoms with Gasteiger partial charge >= 0.3 is 5.97 Å². The SMILES string of the molecule is CN(C)CCOCCNC(=O)C1CC(C(=O)O)=NO1. The summed E-state index contributed by atoms with van der Waals surface area (Å²) in [6.45, 7) is 2.16. The Morgan fingerprint density at radius 2 is 2.26 bits per heavy atom. The molecule has 2 N–H and O–H groups in total. The number of amides is 1. The molecule has 0 spiro atoms. The fourth-order valence-electron chi connectivity index (χ4n) is 1.35. The molecule has 0 radical (unpaired) electrons. The van der Waals surface area contributed by atoms with Crippen molar-refractivity contribution in [3.05, 3.63) is 0 Å². The Labute approximate surface area is 111 Å². The van der Waals surface area contributed by atoms with Crippen LogP contribution < -0.4 is 5.32 Å². The molecule has 19 heavy (non-hydrogen) atoms. The Balaban J connectivity index is 2.08. The van der Waals surface area contributed by atoms with Crippen LogP contribution in [0.15, 0.2) is 5.16 Å². The topological polar surface area (TPSA) is 100 Å². The Morgan fingerprint density at radius 3 is 2.84 bits per heavy atom. The van der Waals surface area contributed by atoms with Crippen molar-refractivity contribution < 1.29 is 24.3 Å². The summed E-state index contributed by atoms with van der Waals surface area (Å²) < 4.78 is 5.30. The molecule has 0 fully saturated rings. The highest BCUT2D eigenvalue weighted by Gasteiger charge is 2.31. The lowest BCUT2D eigenvalue weighted by molar-refractivity contribution is -0.131. The average Bonchev–Trinajstić information content (AvgIpc) is 2.82. The van der Waals surface area contributed by atoms with Crippen LogP contribution in [0.3, 0.4) is 0 Å². The third-order valence-electron chi connectivity index (χ3n) is 2.44. The Bertz CT molecular complexity index is 356. The van der Waals surface area contributed by atoms with Crippen LogP contribution >= 0.6 is 0 Å². The third-order valence-corrected chi connectivity index (χ3v) is 2.44. The third kappa shape index (κ3) is 5.66. The average molecular weight is 273 g/mol. The number of carbonyl (C=O) groups is 2. The van der Waals surface area contributed by atoms with Gasteiger partial charge in [0.25, 0.3) is 5.91 Å². The molecule has 0 aromatic rings. The zero-order chi connectivity index (χ0) is 14.3. The van der Waals surface area contributed by atoms with Gasteiger partial charge in [-0.25, -0.2) is 4.79 Å². The first kappa shape index (κ1) is 15.4. The molecular formula is C11H19N3O5. The second-order valence-electron chi connectivity index (χ2n) is 4.35. The number of oxime groups is 1.